The molecule has 0 spiro atoms. The summed E-state index contributed by atoms with van der Waals surface area (Å²) in [4.78, 5) is 18.2. The quantitative estimate of drug-likeness (QED) is 0.566. The van der Waals surface area contributed by atoms with Crippen LogP contribution in [0.2, 0.25) is 0 Å². The number of hydrogen-bond donors (Lipinski definition) is 0. The average Bonchev–Trinajstić information content (AvgIpc) is 3.18. The van der Waals surface area contributed by atoms with Crippen molar-refractivity contribution < 1.29 is 9.53 Å². The fourth-order valence-corrected chi connectivity index (χ4v) is 5.14. The van der Waals surface area contributed by atoms with Crippen molar-refractivity contribution >= 4 is 11.7 Å². The lowest BCUT2D eigenvalue weighted by molar-refractivity contribution is -0.145. The van der Waals surface area contributed by atoms with E-state index >= 15 is 0 Å². The molecule has 2 saturated heterocycles. The summed E-state index contributed by atoms with van der Waals surface area (Å²) in [7, 11) is 0. The molecule has 0 aliphatic carbocycles. The molecule has 0 saturated carbocycles. The van der Waals surface area contributed by atoms with Gasteiger partial charge in [-0.1, -0.05) is 78.4 Å². The maximum atomic E-state index is 13.4. The Kier molecular flexibility index (Phi) is 5.71. The van der Waals surface area contributed by atoms with Gasteiger partial charge in [0.05, 0.1) is 0 Å². The van der Waals surface area contributed by atoms with Gasteiger partial charge >= 0.3 is 5.97 Å². The second-order valence-corrected chi connectivity index (χ2v) is 8.99. The average molecular weight is 427 g/mol. The van der Waals surface area contributed by atoms with Gasteiger partial charge in [-0.25, -0.2) is 0 Å². The molecule has 4 heteroatoms. The Balaban J connectivity index is 1.29. The van der Waals surface area contributed by atoms with Gasteiger partial charge in [-0.15, -0.1) is 0 Å². The molecule has 2 heterocycles. The first-order valence-corrected chi connectivity index (χ1v) is 11.5. The zero-order chi connectivity index (χ0) is 22.0. The minimum atomic E-state index is -0.725. The predicted octanol–water partition coefficient (Wildman–Crippen LogP) is 4.42. The number of nitrogens with zero attached hydrogens (tertiary/aromatic N) is 2. The molecule has 3 aromatic rings. The van der Waals surface area contributed by atoms with Crippen molar-refractivity contribution in [1.29, 1.82) is 0 Å². The Morgan fingerprint density at radius 2 is 1.38 bits per heavy atom. The second kappa shape index (κ2) is 8.79. The van der Waals surface area contributed by atoms with Gasteiger partial charge in [-0.2, -0.15) is 0 Å². The molecule has 164 valence electrons. The number of aryl methyl sites for hydroxylation is 1. The van der Waals surface area contributed by atoms with Crippen molar-refractivity contribution in [2.24, 2.45) is 0 Å². The molecule has 4 nitrogen and oxygen atoms in total. The molecule has 2 aliphatic rings. The monoisotopic (exact) mass is 426 g/mol. The number of benzene rings is 3. The van der Waals surface area contributed by atoms with Gasteiger partial charge in [0.15, 0.2) is 0 Å². The van der Waals surface area contributed by atoms with Crippen molar-refractivity contribution in [3.05, 3.63) is 102 Å². The molecule has 1 unspecified atom stereocenters. The summed E-state index contributed by atoms with van der Waals surface area (Å²) in [6, 6.07) is 29.0. The Morgan fingerprint density at radius 1 is 0.812 bits per heavy atom. The van der Waals surface area contributed by atoms with Crippen LogP contribution < -0.4 is 4.90 Å². The number of ether oxygens (including phenoxy) is 1. The molecule has 2 aliphatic heterocycles. The highest BCUT2D eigenvalue weighted by Gasteiger charge is 2.51. The number of rotatable bonds is 5. The van der Waals surface area contributed by atoms with E-state index in [9.17, 15) is 4.79 Å². The lowest BCUT2D eigenvalue weighted by Gasteiger charge is -2.37. The summed E-state index contributed by atoms with van der Waals surface area (Å²) in [5, 5.41) is 0. The minimum Gasteiger partial charge on any atom is -0.460 e. The van der Waals surface area contributed by atoms with Crippen molar-refractivity contribution in [2.45, 2.75) is 24.9 Å². The normalized spacial score (nSPS) is 20.8. The molecule has 0 amide bonds. The fourth-order valence-electron chi connectivity index (χ4n) is 5.14. The van der Waals surface area contributed by atoms with E-state index < -0.39 is 5.41 Å². The van der Waals surface area contributed by atoms with Gasteiger partial charge in [0.2, 0.25) is 0 Å². The molecule has 0 aromatic heterocycles. The molecule has 32 heavy (non-hydrogen) atoms. The first-order chi connectivity index (χ1) is 15.6. The number of carbonyl (C=O) groups excluding carboxylic acids is 1. The third kappa shape index (κ3) is 3.91. The number of carbonyl (C=O) groups is 1. The van der Waals surface area contributed by atoms with E-state index in [4.69, 9.17) is 4.74 Å². The van der Waals surface area contributed by atoms with Gasteiger partial charge in [0.25, 0.3) is 0 Å². The summed E-state index contributed by atoms with van der Waals surface area (Å²) in [6.07, 6.45) is 0.576. The summed E-state index contributed by atoms with van der Waals surface area (Å²) in [5.74, 6) is -0.127. The summed E-state index contributed by atoms with van der Waals surface area (Å²) in [5.41, 5.74) is 3.88. The smallest absolute Gasteiger partial charge is 0.321 e. The van der Waals surface area contributed by atoms with Gasteiger partial charge in [0.1, 0.15) is 11.5 Å². The van der Waals surface area contributed by atoms with Crippen LogP contribution in [0.15, 0.2) is 84.9 Å². The maximum absolute atomic E-state index is 13.4. The molecule has 0 bridgehead atoms. The standard InChI is InChI=1S/C28H30N2O2/c1-22-12-14-25(15-13-22)30-18-16-29(17-19-30)21-26-20-28(27(31)32-26,23-8-4-2-5-9-23)24-10-6-3-7-11-24/h2-15,26H,16-21H2,1H3. The lowest BCUT2D eigenvalue weighted by atomic mass is 9.72. The first-order valence-electron chi connectivity index (χ1n) is 11.5. The zero-order valence-corrected chi connectivity index (χ0v) is 18.6. The van der Waals surface area contributed by atoms with E-state index in [1.165, 1.54) is 11.3 Å². The summed E-state index contributed by atoms with van der Waals surface area (Å²) in [6.45, 7) is 6.85. The summed E-state index contributed by atoms with van der Waals surface area (Å²) >= 11 is 0. The third-order valence-corrected chi connectivity index (χ3v) is 6.92. The van der Waals surface area contributed by atoms with Gasteiger partial charge in [0, 0.05) is 44.8 Å². The van der Waals surface area contributed by atoms with E-state index in [1.54, 1.807) is 0 Å². The van der Waals surface area contributed by atoms with E-state index in [0.29, 0.717) is 6.42 Å². The predicted molar refractivity (Wildman–Crippen MR) is 128 cm³/mol. The van der Waals surface area contributed by atoms with Gasteiger partial charge in [-0.3, -0.25) is 9.69 Å². The van der Waals surface area contributed by atoms with Crippen LogP contribution in [0, 0.1) is 6.92 Å². The number of anilines is 1. The highest BCUT2D eigenvalue weighted by Crippen LogP contribution is 2.43. The minimum absolute atomic E-state index is 0.103. The third-order valence-electron chi connectivity index (χ3n) is 6.92. The van der Waals surface area contributed by atoms with Crippen LogP contribution in [0.4, 0.5) is 5.69 Å². The van der Waals surface area contributed by atoms with E-state index in [1.807, 2.05) is 36.4 Å². The molecule has 3 aromatic carbocycles. The van der Waals surface area contributed by atoms with Crippen LogP contribution in [0.5, 0.6) is 0 Å². The first kappa shape index (κ1) is 20.8. The Labute approximate surface area is 190 Å². The van der Waals surface area contributed by atoms with Crippen LogP contribution in [0.1, 0.15) is 23.1 Å². The van der Waals surface area contributed by atoms with Gasteiger partial charge < -0.3 is 9.64 Å². The molecule has 5 rings (SSSR count). The van der Waals surface area contributed by atoms with Crippen LogP contribution in [0.3, 0.4) is 0 Å². The number of piperazine rings is 1. The lowest BCUT2D eigenvalue weighted by Crippen LogP contribution is -2.48. The topological polar surface area (TPSA) is 32.8 Å². The molecule has 0 radical (unpaired) electrons. The Bertz CT molecular complexity index is 1000. The Morgan fingerprint density at radius 3 is 1.94 bits per heavy atom. The maximum Gasteiger partial charge on any atom is 0.321 e. The SMILES string of the molecule is Cc1ccc(N2CCN(CC3CC(c4ccccc4)(c4ccccc4)C(=O)O3)CC2)cc1. The number of hydrogen-bond acceptors (Lipinski definition) is 4. The van der Waals surface area contributed by atoms with Crippen LogP contribution >= 0.6 is 0 Å². The van der Waals surface area contributed by atoms with Crippen molar-refractivity contribution in [3.8, 4) is 0 Å². The van der Waals surface area contributed by atoms with Crippen LogP contribution in [-0.2, 0) is 14.9 Å². The van der Waals surface area contributed by atoms with Gasteiger partial charge in [-0.05, 0) is 30.2 Å². The fraction of sp³-hybridized carbons (Fsp3) is 0.321. The van der Waals surface area contributed by atoms with Crippen molar-refractivity contribution in [2.75, 3.05) is 37.6 Å². The second-order valence-electron chi connectivity index (χ2n) is 8.99. The highest BCUT2D eigenvalue weighted by atomic mass is 16.6. The zero-order valence-electron chi connectivity index (χ0n) is 18.6. The van der Waals surface area contributed by atoms with Crippen molar-refractivity contribution in [1.82, 2.24) is 4.90 Å². The van der Waals surface area contributed by atoms with Crippen LogP contribution in [-0.4, -0.2) is 49.7 Å². The highest BCUT2D eigenvalue weighted by molar-refractivity contribution is 5.89. The molecule has 2 fully saturated rings. The molecule has 1 atom stereocenters. The van der Waals surface area contributed by atoms with E-state index in [2.05, 4.69) is 65.3 Å². The largest absolute Gasteiger partial charge is 0.460 e. The summed E-state index contributed by atoms with van der Waals surface area (Å²) < 4.78 is 6.02. The number of esters is 1. The molecular weight excluding hydrogens is 396 g/mol. The Hall–Kier alpha value is -3.11. The van der Waals surface area contributed by atoms with Crippen molar-refractivity contribution in [3.63, 3.8) is 0 Å². The number of cyclic esters (lactones) is 1. The van der Waals surface area contributed by atoms with Crippen LogP contribution in [0.25, 0.3) is 0 Å². The molecular formula is C28H30N2O2. The molecule has 0 N–H and O–H groups in total. The van der Waals surface area contributed by atoms with E-state index in [-0.39, 0.29) is 12.1 Å². The van der Waals surface area contributed by atoms with E-state index in [0.717, 1.165) is 43.9 Å².